The van der Waals surface area contributed by atoms with Crippen LogP contribution in [0.25, 0.3) is 0 Å². The number of fused-ring (bicyclic) bond motifs is 2. The second kappa shape index (κ2) is 2.48. The SMILES string of the molecule is CCC1(C(N)=O)CC2CCC1C2. The molecule has 2 bridgehead atoms. The van der Waals surface area contributed by atoms with Crippen molar-refractivity contribution in [3.63, 3.8) is 0 Å². The van der Waals surface area contributed by atoms with Crippen LogP contribution in [0, 0.1) is 17.3 Å². The number of carbonyl (C=O) groups is 1. The van der Waals surface area contributed by atoms with Gasteiger partial charge in [0.25, 0.3) is 0 Å². The molecule has 2 saturated carbocycles. The molecule has 68 valence electrons. The zero-order chi connectivity index (χ0) is 8.77. The summed E-state index contributed by atoms with van der Waals surface area (Å²) in [6, 6.07) is 0. The lowest BCUT2D eigenvalue weighted by atomic mass is 9.71. The summed E-state index contributed by atoms with van der Waals surface area (Å²) in [7, 11) is 0. The van der Waals surface area contributed by atoms with E-state index in [1.54, 1.807) is 0 Å². The second-order valence-corrected chi connectivity index (χ2v) is 4.45. The van der Waals surface area contributed by atoms with E-state index in [1.165, 1.54) is 19.3 Å². The van der Waals surface area contributed by atoms with Gasteiger partial charge in [0.15, 0.2) is 0 Å². The molecule has 1 amide bonds. The molecule has 0 heterocycles. The normalized spacial score (nSPS) is 45.1. The van der Waals surface area contributed by atoms with Crippen molar-refractivity contribution in [3.8, 4) is 0 Å². The maximum atomic E-state index is 11.4. The summed E-state index contributed by atoms with van der Waals surface area (Å²) >= 11 is 0. The lowest BCUT2D eigenvalue weighted by Gasteiger charge is -2.33. The molecule has 0 aromatic carbocycles. The Kier molecular flexibility index (Phi) is 1.67. The first-order valence-electron chi connectivity index (χ1n) is 4.99. The Morgan fingerprint density at radius 1 is 1.58 bits per heavy atom. The summed E-state index contributed by atoms with van der Waals surface area (Å²) in [6.07, 6.45) is 5.85. The summed E-state index contributed by atoms with van der Waals surface area (Å²) in [5, 5.41) is 0. The number of hydrogen-bond acceptors (Lipinski definition) is 1. The fraction of sp³-hybridized carbons (Fsp3) is 0.900. The van der Waals surface area contributed by atoms with Crippen LogP contribution in [-0.4, -0.2) is 5.91 Å². The minimum absolute atomic E-state index is 0.0443. The average Bonchev–Trinajstić information content (AvgIpc) is 2.62. The molecule has 0 aromatic rings. The highest BCUT2D eigenvalue weighted by Gasteiger charge is 2.53. The van der Waals surface area contributed by atoms with E-state index in [1.807, 2.05) is 0 Å². The molecule has 2 nitrogen and oxygen atoms in total. The number of amides is 1. The molecular formula is C10H17NO. The second-order valence-electron chi connectivity index (χ2n) is 4.45. The Labute approximate surface area is 73.5 Å². The maximum Gasteiger partial charge on any atom is 0.223 e. The number of nitrogens with two attached hydrogens (primary N) is 1. The van der Waals surface area contributed by atoms with E-state index in [4.69, 9.17) is 5.73 Å². The van der Waals surface area contributed by atoms with Gasteiger partial charge in [-0.3, -0.25) is 4.79 Å². The van der Waals surface area contributed by atoms with Crippen molar-refractivity contribution in [3.05, 3.63) is 0 Å². The van der Waals surface area contributed by atoms with Crippen LogP contribution in [-0.2, 0) is 4.79 Å². The first-order chi connectivity index (χ1) is 5.69. The van der Waals surface area contributed by atoms with Crippen LogP contribution in [0.4, 0.5) is 0 Å². The highest BCUT2D eigenvalue weighted by Crippen LogP contribution is 2.57. The van der Waals surface area contributed by atoms with E-state index in [2.05, 4.69) is 6.92 Å². The Hall–Kier alpha value is -0.530. The van der Waals surface area contributed by atoms with Crippen LogP contribution >= 0.6 is 0 Å². The van der Waals surface area contributed by atoms with Gasteiger partial charge in [0.05, 0.1) is 5.41 Å². The standard InChI is InChI=1S/C10H17NO/c1-2-10(9(11)12)6-7-3-4-8(10)5-7/h7-8H,2-6H2,1H3,(H2,11,12). The van der Waals surface area contributed by atoms with Gasteiger partial charge in [-0.2, -0.15) is 0 Å². The van der Waals surface area contributed by atoms with Crippen molar-refractivity contribution < 1.29 is 4.79 Å². The first kappa shape index (κ1) is 8.09. The van der Waals surface area contributed by atoms with Crippen molar-refractivity contribution in [1.29, 1.82) is 0 Å². The predicted octanol–water partition coefficient (Wildman–Crippen LogP) is 1.69. The lowest BCUT2D eigenvalue weighted by Crippen LogP contribution is -2.40. The van der Waals surface area contributed by atoms with Gasteiger partial charge in [0.2, 0.25) is 5.91 Å². The fourth-order valence-electron chi connectivity index (χ4n) is 3.35. The predicted molar refractivity (Wildman–Crippen MR) is 47.4 cm³/mol. The minimum Gasteiger partial charge on any atom is -0.369 e. The van der Waals surface area contributed by atoms with Crippen LogP contribution in [0.2, 0.25) is 0 Å². The highest BCUT2D eigenvalue weighted by molar-refractivity contribution is 5.81. The molecule has 2 heteroatoms. The fourth-order valence-corrected chi connectivity index (χ4v) is 3.35. The molecule has 0 spiro atoms. The van der Waals surface area contributed by atoms with Gasteiger partial charge in [-0.15, -0.1) is 0 Å². The first-order valence-corrected chi connectivity index (χ1v) is 4.99. The molecule has 0 aromatic heterocycles. The number of primary amides is 1. The van der Waals surface area contributed by atoms with E-state index < -0.39 is 0 Å². The minimum atomic E-state index is -0.108. The van der Waals surface area contributed by atoms with E-state index in [0.717, 1.165) is 18.8 Å². The summed E-state index contributed by atoms with van der Waals surface area (Å²) in [5.74, 6) is 1.38. The Morgan fingerprint density at radius 3 is 2.58 bits per heavy atom. The molecule has 2 N–H and O–H groups in total. The van der Waals surface area contributed by atoms with Gasteiger partial charge in [0, 0.05) is 0 Å². The van der Waals surface area contributed by atoms with Crippen molar-refractivity contribution in [2.45, 2.75) is 39.0 Å². The van der Waals surface area contributed by atoms with Crippen LogP contribution < -0.4 is 5.73 Å². The summed E-state index contributed by atoms with van der Waals surface area (Å²) in [6.45, 7) is 2.10. The summed E-state index contributed by atoms with van der Waals surface area (Å²) in [5.41, 5.74) is 5.38. The molecular weight excluding hydrogens is 150 g/mol. The average molecular weight is 167 g/mol. The molecule has 0 radical (unpaired) electrons. The molecule has 2 aliphatic rings. The molecule has 2 fully saturated rings. The third kappa shape index (κ3) is 0.838. The Bertz CT molecular complexity index is 214. The lowest BCUT2D eigenvalue weighted by molar-refractivity contribution is -0.130. The van der Waals surface area contributed by atoms with E-state index >= 15 is 0 Å². The molecule has 3 unspecified atom stereocenters. The monoisotopic (exact) mass is 167 g/mol. The van der Waals surface area contributed by atoms with Crippen LogP contribution in [0.3, 0.4) is 0 Å². The Morgan fingerprint density at radius 2 is 2.33 bits per heavy atom. The van der Waals surface area contributed by atoms with E-state index in [9.17, 15) is 4.79 Å². The van der Waals surface area contributed by atoms with Gasteiger partial charge in [-0.25, -0.2) is 0 Å². The molecule has 2 aliphatic carbocycles. The van der Waals surface area contributed by atoms with Gasteiger partial charge in [-0.1, -0.05) is 13.3 Å². The number of hydrogen-bond donors (Lipinski definition) is 1. The van der Waals surface area contributed by atoms with Gasteiger partial charge in [-0.05, 0) is 37.5 Å². The maximum absolute atomic E-state index is 11.4. The summed E-state index contributed by atoms with van der Waals surface area (Å²) < 4.78 is 0. The van der Waals surface area contributed by atoms with Gasteiger partial charge >= 0.3 is 0 Å². The third-order valence-corrected chi connectivity index (χ3v) is 4.10. The zero-order valence-corrected chi connectivity index (χ0v) is 7.68. The highest BCUT2D eigenvalue weighted by atomic mass is 16.1. The van der Waals surface area contributed by atoms with Crippen LogP contribution in [0.1, 0.15) is 39.0 Å². The number of carbonyl (C=O) groups excluding carboxylic acids is 1. The quantitative estimate of drug-likeness (QED) is 0.668. The topological polar surface area (TPSA) is 43.1 Å². The summed E-state index contributed by atoms with van der Waals surface area (Å²) in [4.78, 5) is 11.4. The molecule has 12 heavy (non-hydrogen) atoms. The van der Waals surface area contributed by atoms with E-state index in [0.29, 0.717) is 5.92 Å². The van der Waals surface area contributed by atoms with Gasteiger partial charge < -0.3 is 5.73 Å². The van der Waals surface area contributed by atoms with Crippen LogP contribution in [0.15, 0.2) is 0 Å². The number of rotatable bonds is 2. The molecule has 0 aliphatic heterocycles. The third-order valence-electron chi connectivity index (χ3n) is 4.10. The van der Waals surface area contributed by atoms with Crippen molar-refractivity contribution in [2.24, 2.45) is 23.0 Å². The largest absolute Gasteiger partial charge is 0.369 e. The van der Waals surface area contributed by atoms with Crippen LogP contribution in [0.5, 0.6) is 0 Å². The van der Waals surface area contributed by atoms with Crippen molar-refractivity contribution in [1.82, 2.24) is 0 Å². The smallest absolute Gasteiger partial charge is 0.223 e. The molecule has 2 rings (SSSR count). The molecule has 3 atom stereocenters. The van der Waals surface area contributed by atoms with Gasteiger partial charge in [0.1, 0.15) is 0 Å². The van der Waals surface area contributed by atoms with E-state index in [-0.39, 0.29) is 11.3 Å². The molecule has 0 saturated heterocycles. The zero-order valence-electron chi connectivity index (χ0n) is 7.68. The van der Waals surface area contributed by atoms with Crippen molar-refractivity contribution >= 4 is 5.91 Å². The van der Waals surface area contributed by atoms with Crippen molar-refractivity contribution in [2.75, 3.05) is 0 Å². The Balaban J connectivity index is 2.25.